The fourth-order valence-corrected chi connectivity index (χ4v) is 6.12. The van der Waals surface area contributed by atoms with E-state index < -0.39 is 0 Å². The van der Waals surface area contributed by atoms with Gasteiger partial charge in [0.1, 0.15) is 0 Å². The lowest BCUT2D eigenvalue weighted by Gasteiger charge is -2.32. The monoisotopic (exact) mass is 399 g/mol. The Morgan fingerprint density at radius 2 is 1.86 bits per heavy atom. The number of fused-ring (bicyclic) bond motifs is 1. The summed E-state index contributed by atoms with van der Waals surface area (Å²) < 4.78 is 0. The first-order valence-electron chi connectivity index (χ1n) is 10.5. The molecule has 4 rings (SSSR count). The molecule has 0 unspecified atom stereocenters. The standard InChI is InChI=1S/C23H33N3OS/c1-22(2)15-23(3,4)19-13-16(5-6-18(19)22)20-14-28-21(25-20)26-10-7-17(8-11-26)24-9-12-27/h5-6,13-14,17,24,27H,7-12,15H2,1-4H3. The van der Waals surface area contributed by atoms with Crippen LogP contribution in [0.15, 0.2) is 23.6 Å². The third-order valence-electron chi connectivity index (χ3n) is 6.46. The van der Waals surface area contributed by atoms with Gasteiger partial charge >= 0.3 is 0 Å². The minimum atomic E-state index is 0.213. The van der Waals surface area contributed by atoms with Crippen molar-refractivity contribution < 1.29 is 5.11 Å². The summed E-state index contributed by atoms with van der Waals surface area (Å²) in [5.74, 6) is 0. The van der Waals surface area contributed by atoms with Crippen molar-refractivity contribution in [2.75, 3.05) is 31.1 Å². The van der Waals surface area contributed by atoms with Crippen molar-refractivity contribution in [1.82, 2.24) is 10.3 Å². The fourth-order valence-electron chi connectivity index (χ4n) is 5.23. The molecule has 1 aliphatic heterocycles. The molecule has 0 bridgehead atoms. The fraction of sp³-hybridized carbons (Fsp3) is 0.609. The Bertz CT molecular complexity index is 834. The molecular weight excluding hydrogens is 366 g/mol. The van der Waals surface area contributed by atoms with E-state index in [1.54, 1.807) is 11.3 Å². The number of hydrogen-bond acceptors (Lipinski definition) is 5. The second kappa shape index (κ2) is 7.43. The van der Waals surface area contributed by atoms with Crippen LogP contribution in [0.25, 0.3) is 11.3 Å². The topological polar surface area (TPSA) is 48.4 Å². The van der Waals surface area contributed by atoms with E-state index >= 15 is 0 Å². The lowest BCUT2D eigenvalue weighted by Crippen LogP contribution is -2.43. The number of nitrogens with one attached hydrogen (secondary N) is 1. The van der Waals surface area contributed by atoms with Crippen LogP contribution >= 0.6 is 11.3 Å². The van der Waals surface area contributed by atoms with Gasteiger partial charge in [-0.3, -0.25) is 0 Å². The van der Waals surface area contributed by atoms with Gasteiger partial charge in [-0.2, -0.15) is 0 Å². The number of aliphatic hydroxyl groups is 1. The third-order valence-corrected chi connectivity index (χ3v) is 7.36. The Labute approximate surface area is 173 Å². The number of aromatic nitrogens is 1. The van der Waals surface area contributed by atoms with E-state index in [2.05, 4.69) is 61.5 Å². The second-order valence-electron chi connectivity index (χ2n) is 9.66. The minimum Gasteiger partial charge on any atom is -0.395 e. The van der Waals surface area contributed by atoms with Crippen molar-refractivity contribution in [3.63, 3.8) is 0 Å². The average Bonchev–Trinajstić information content (AvgIpc) is 3.22. The van der Waals surface area contributed by atoms with Crippen LogP contribution in [0.3, 0.4) is 0 Å². The highest BCUT2D eigenvalue weighted by Gasteiger charge is 2.41. The van der Waals surface area contributed by atoms with Crippen molar-refractivity contribution in [1.29, 1.82) is 0 Å². The molecule has 4 nitrogen and oxygen atoms in total. The van der Waals surface area contributed by atoms with Gasteiger partial charge < -0.3 is 15.3 Å². The molecule has 28 heavy (non-hydrogen) atoms. The van der Waals surface area contributed by atoms with Crippen LogP contribution in [0.1, 0.15) is 58.1 Å². The lowest BCUT2D eigenvalue weighted by atomic mass is 9.82. The molecule has 5 heteroatoms. The highest BCUT2D eigenvalue weighted by molar-refractivity contribution is 7.14. The highest BCUT2D eigenvalue weighted by atomic mass is 32.1. The molecular formula is C23H33N3OS. The van der Waals surface area contributed by atoms with Crippen molar-refractivity contribution in [3.8, 4) is 11.3 Å². The second-order valence-corrected chi connectivity index (χ2v) is 10.5. The van der Waals surface area contributed by atoms with Gasteiger partial charge in [-0.05, 0) is 47.3 Å². The van der Waals surface area contributed by atoms with Crippen LogP contribution in [-0.4, -0.2) is 42.4 Å². The Balaban J connectivity index is 1.50. The van der Waals surface area contributed by atoms with Gasteiger partial charge in [0.25, 0.3) is 0 Å². The van der Waals surface area contributed by atoms with Crippen molar-refractivity contribution >= 4 is 16.5 Å². The number of rotatable bonds is 5. The van der Waals surface area contributed by atoms with E-state index in [4.69, 9.17) is 10.1 Å². The normalized spacial score (nSPS) is 21.1. The molecule has 1 aromatic heterocycles. The molecule has 2 heterocycles. The van der Waals surface area contributed by atoms with Gasteiger partial charge in [0, 0.05) is 36.6 Å². The van der Waals surface area contributed by atoms with Gasteiger partial charge in [0.15, 0.2) is 5.13 Å². The van der Waals surface area contributed by atoms with Gasteiger partial charge in [0.05, 0.1) is 12.3 Å². The van der Waals surface area contributed by atoms with Crippen LogP contribution in [0.2, 0.25) is 0 Å². The summed E-state index contributed by atoms with van der Waals surface area (Å²) in [5, 5.41) is 15.7. The predicted molar refractivity (Wildman–Crippen MR) is 119 cm³/mol. The number of aliphatic hydroxyl groups excluding tert-OH is 1. The average molecular weight is 400 g/mol. The number of hydrogen-bond donors (Lipinski definition) is 2. The van der Waals surface area contributed by atoms with E-state index in [0.717, 1.165) is 36.8 Å². The van der Waals surface area contributed by atoms with Crippen LogP contribution in [0.5, 0.6) is 0 Å². The van der Waals surface area contributed by atoms with Crippen molar-refractivity contribution in [3.05, 3.63) is 34.7 Å². The number of thiazole rings is 1. The summed E-state index contributed by atoms with van der Waals surface area (Å²) in [5.41, 5.74) is 5.79. The molecule has 0 amide bonds. The molecule has 0 atom stereocenters. The number of piperidine rings is 1. The Hall–Kier alpha value is -1.43. The maximum Gasteiger partial charge on any atom is 0.185 e. The summed E-state index contributed by atoms with van der Waals surface area (Å²) in [7, 11) is 0. The maximum atomic E-state index is 8.98. The first-order valence-corrected chi connectivity index (χ1v) is 11.4. The van der Waals surface area contributed by atoms with E-state index in [1.807, 2.05) is 0 Å². The first-order chi connectivity index (χ1) is 13.3. The molecule has 2 aliphatic rings. The van der Waals surface area contributed by atoms with Gasteiger partial charge in [-0.1, -0.05) is 39.8 Å². The van der Waals surface area contributed by atoms with Gasteiger partial charge in [-0.15, -0.1) is 11.3 Å². The van der Waals surface area contributed by atoms with Crippen LogP contribution < -0.4 is 10.2 Å². The molecule has 152 valence electrons. The molecule has 0 saturated carbocycles. The summed E-state index contributed by atoms with van der Waals surface area (Å²) >= 11 is 1.76. The molecule has 1 aromatic carbocycles. The number of benzene rings is 1. The molecule has 0 radical (unpaired) electrons. The van der Waals surface area contributed by atoms with Crippen LogP contribution in [0, 0.1) is 0 Å². The van der Waals surface area contributed by atoms with Gasteiger partial charge in [-0.25, -0.2) is 4.98 Å². The minimum absolute atomic E-state index is 0.213. The third kappa shape index (κ3) is 3.72. The van der Waals surface area contributed by atoms with E-state index in [0.29, 0.717) is 12.6 Å². The SMILES string of the molecule is CC1(C)CC(C)(C)c2cc(-c3csc(N4CCC(NCCO)CC4)n3)ccc21. The molecule has 2 N–H and O–H groups in total. The molecule has 0 spiro atoms. The Morgan fingerprint density at radius 1 is 1.14 bits per heavy atom. The number of nitrogens with zero attached hydrogens (tertiary/aromatic N) is 2. The zero-order valence-corrected chi connectivity index (χ0v) is 18.4. The van der Waals surface area contributed by atoms with E-state index in [1.165, 1.54) is 23.1 Å². The zero-order valence-electron chi connectivity index (χ0n) is 17.6. The predicted octanol–water partition coefficient (Wildman–Crippen LogP) is 4.32. The van der Waals surface area contributed by atoms with Gasteiger partial charge in [0.2, 0.25) is 0 Å². The molecule has 2 aromatic rings. The van der Waals surface area contributed by atoms with Crippen molar-refractivity contribution in [2.24, 2.45) is 0 Å². The lowest BCUT2D eigenvalue weighted by molar-refractivity contribution is 0.277. The quantitative estimate of drug-likeness (QED) is 0.786. The Morgan fingerprint density at radius 3 is 2.57 bits per heavy atom. The zero-order chi connectivity index (χ0) is 19.9. The van der Waals surface area contributed by atoms with Crippen molar-refractivity contribution in [2.45, 2.75) is 63.8 Å². The van der Waals surface area contributed by atoms with Crippen LogP contribution in [-0.2, 0) is 10.8 Å². The van der Waals surface area contributed by atoms with Crippen LogP contribution in [0.4, 0.5) is 5.13 Å². The molecule has 1 fully saturated rings. The molecule has 1 aliphatic carbocycles. The highest BCUT2D eigenvalue weighted by Crippen LogP contribution is 2.50. The summed E-state index contributed by atoms with van der Waals surface area (Å²) in [6.45, 7) is 12.4. The van der Waals surface area contributed by atoms with E-state index in [-0.39, 0.29) is 17.4 Å². The molecule has 1 saturated heterocycles. The maximum absolute atomic E-state index is 8.98. The Kier molecular flexibility index (Phi) is 5.27. The smallest absolute Gasteiger partial charge is 0.185 e. The number of anilines is 1. The summed E-state index contributed by atoms with van der Waals surface area (Å²) in [6.07, 6.45) is 3.41. The largest absolute Gasteiger partial charge is 0.395 e. The van der Waals surface area contributed by atoms with E-state index in [9.17, 15) is 0 Å². The summed E-state index contributed by atoms with van der Waals surface area (Å²) in [4.78, 5) is 7.39. The summed E-state index contributed by atoms with van der Waals surface area (Å²) in [6, 6.07) is 7.49. The first kappa shape index (κ1) is 19.9.